The normalized spacial score (nSPS) is 13.9. The average molecular weight is 366 g/mol. The number of benzene rings is 2. The van der Waals surface area contributed by atoms with Crippen molar-refractivity contribution < 1.29 is 14.3 Å². The largest absolute Gasteiger partial charge is 0.456 e. The number of ether oxygens (including phenoxy) is 1. The number of carbonyl (C=O) groups is 2. The Morgan fingerprint density at radius 2 is 1.63 bits per heavy atom. The summed E-state index contributed by atoms with van der Waals surface area (Å²) in [5.74, 6) is -0.691. The molecule has 0 bridgehead atoms. The summed E-state index contributed by atoms with van der Waals surface area (Å²) in [6, 6.07) is 17.6. The predicted molar refractivity (Wildman–Crippen MR) is 107 cm³/mol. The van der Waals surface area contributed by atoms with Crippen molar-refractivity contribution in [3.05, 3.63) is 60.2 Å². The number of hydrogen-bond donors (Lipinski definition) is 1. The molecule has 0 aromatic heterocycles. The number of carbonyl (C=O) groups excluding carboxylic acids is 2. The highest BCUT2D eigenvalue weighted by atomic mass is 16.5. The van der Waals surface area contributed by atoms with E-state index in [2.05, 4.69) is 10.2 Å². The third-order valence-electron chi connectivity index (χ3n) is 4.70. The van der Waals surface area contributed by atoms with Crippen LogP contribution in [0.15, 0.2) is 54.6 Å². The Hall–Kier alpha value is -2.82. The quantitative estimate of drug-likeness (QED) is 0.758. The summed E-state index contributed by atoms with van der Waals surface area (Å²) in [5.41, 5.74) is 2.97. The minimum atomic E-state index is -0.366. The molecule has 2 aromatic rings. The van der Waals surface area contributed by atoms with Crippen molar-refractivity contribution in [1.82, 2.24) is 0 Å². The first-order valence-electron chi connectivity index (χ1n) is 9.55. The second-order valence-electron chi connectivity index (χ2n) is 6.79. The van der Waals surface area contributed by atoms with Gasteiger partial charge >= 0.3 is 5.97 Å². The van der Waals surface area contributed by atoms with Gasteiger partial charge < -0.3 is 15.0 Å². The van der Waals surface area contributed by atoms with Crippen LogP contribution in [0.25, 0.3) is 0 Å². The predicted octanol–water partition coefficient (Wildman–Crippen LogP) is 3.79. The van der Waals surface area contributed by atoms with E-state index >= 15 is 0 Å². The van der Waals surface area contributed by atoms with Gasteiger partial charge in [0.25, 0.3) is 5.91 Å². The fourth-order valence-corrected chi connectivity index (χ4v) is 3.21. The Balaban J connectivity index is 1.39. The summed E-state index contributed by atoms with van der Waals surface area (Å²) < 4.78 is 5.06. The first kappa shape index (κ1) is 19.0. The highest BCUT2D eigenvalue weighted by Crippen LogP contribution is 2.21. The molecule has 1 N–H and O–H groups in total. The van der Waals surface area contributed by atoms with E-state index in [4.69, 9.17) is 4.74 Å². The molecule has 27 heavy (non-hydrogen) atoms. The average Bonchev–Trinajstić information content (AvgIpc) is 2.73. The third kappa shape index (κ3) is 6.13. The lowest BCUT2D eigenvalue weighted by molar-refractivity contribution is -0.147. The van der Waals surface area contributed by atoms with Gasteiger partial charge in [0.1, 0.15) is 0 Å². The van der Waals surface area contributed by atoms with Crippen molar-refractivity contribution in [2.45, 2.75) is 32.1 Å². The Kier molecular flexibility index (Phi) is 6.85. The standard InChI is InChI=1S/C22H26N2O3/c25-21(17-27-22(26)14-9-18-7-3-1-4-8-18)23-19-10-12-20(13-11-19)24-15-5-2-6-16-24/h1,3-4,7-8,10-13H,2,5-6,9,14-17H2,(H,23,25). The van der Waals surface area contributed by atoms with E-state index < -0.39 is 0 Å². The molecule has 5 heteroatoms. The number of esters is 1. The second-order valence-corrected chi connectivity index (χ2v) is 6.79. The third-order valence-corrected chi connectivity index (χ3v) is 4.70. The molecule has 1 aliphatic rings. The summed E-state index contributed by atoms with van der Waals surface area (Å²) in [5, 5.41) is 2.77. The molecule has 0 spiro atoms. The molecule has 0 atom stereocenters. The van der Waals surface area contributed by atoms with Gasteiger partial charge in [-0.2, -0.15) is 0 Å². The molecule has 2 aromatic carbocycles. The number of amides is 1. The van der Waals surface area contributed by atoms with Gasteiger partial charge in [-0.15, -0.1) is 0 Å². The van der Waals surface area contributed by atoms with E-state index in [1.165, 1.54) is 24.9 Å². The highest BCUT2D eigenvalue weighted by molar-refractivity contribution is 5.92. The van der Waals surface area contributed by atoms with Gasteiger partial charge in [0.05, 0.1) is 0 Å². The van der Waals surface area contributed by atoms with E-state index in [-0.39, 0.29) is 24.9 Å². The van der Waals surface area contributed by atoms with Crippen molar-refractivity contribution in [1.29, 1.82) is 0 Å². The summed E-state index contributed by atoms with van der Waals surface area (Å²) in [7, 11) is 0. The van der Waals surface area contributed by atoms with Crippen LogP contribution < -0.4 is 10.2 Å². The number of hydrogen-bond acceptors (Lipinski definition) is 4. The zero-order chi connectivity index (χ0) is 18.9. The van der Waals surface area contributed by atoms with Crippen molar-refractivity contribution in [2.75, 3.05) is 29.9 Å². The van der Waals surface area contributed by atoms with Gasteiger partial charge in [-0.1, -0.05) is 30.3 Å². The van der Waals surface area contributed by atoms with Crippen molar-refractivity contribution in [3.63, 3.8) is 0 Å². The lowest BCUT2D eigenvalue weighted by Gasteiger charge is -2.28. The number of aryl methyl sites for hydroxylation is 1. The molecule has 0 radical (unpaired) electrons. The molecule has 1 fully saturated rings. The van der Waals surface area contributed by atoms with Crippen LogP contribution in [0.2, 0.25) is 0 Å². The van der Waals surface area contributed by atoms with Gasteiger partial charge in [0, 0.05) is 30.9 Å². The molecule has 3 rings (SSSR count). The lowest BCUT2D eigenvalue weighted by Crippen LogP contribution is -2.29. The van der Waals surface area contributed by atoms with Crippen LogP contribution in [0, 0.1) is 0 Å². The second kappa shape index (κ2) is 9.76. The van der Waals surface area contributed by atoms with Gasteiger partial charge in [-0.3, -0.25) is 9.59 Å². The molecule has 142 valence electrons. The maximum absolute atomic E-state index is 12.0. The molecule has 1 aliphatic heterocycles. The first-order valence-corrected chi connectivity index (χ1v) is 9.55. The molecule has 5 nitrogen and oxygen atoms in total. The Morgan fingerprint density at radius 3 is 2.33 bits per heavy atom. The van der Waals surface area contributed by atoms with E-state index in [1.807, 2.05) is 54.6 Å². The first-order chi connectivity index (χ1) is 13.2. The van der Waals surface area contributed by atoms with Crippen LogP contribution in [-0.4, -0.2) is 31.6 Å². The van der Waals surface area contributed by atoms with Crippen LogP contribution in [0.1, 0.15) is 31.2 Å². The van der Waals surface area contributed by atoms with Crippen LogP contribution in [0.5, 0.6) is 0 Å². The summed E-state index contributed by atoms with van der Waals surface area (Å²) in [6.07, 6.45) is 4.64. The highest BCUT2D eigenvalue weighted by Gasteiger charge is 2.11. The summed E-state index contributed by atoms with van der Waals surface area (Å²) >= 11 is 0. The number of nitrogens with one attached hydrogen (secondary N) is 1. The smallest absolute Gasteiger partial charge is 0.306 e. The molecule has 1 saturated heterocycles. The molecule has 1 amide bonds. The van der Waals surface area contributed by atoms with Crippen molar-refractivity contribution >= 4 is 23.3 Å². The molecule has 1 heterocycles. The monoisotopic (exact) mass is 366 g/mol. The van der Waals surface area contributed by atoms with E-state index in [0.717, 1.165) is 18.7 Å². The summed E-state index contributed by atoms with van der Waals surface area (Å²) in [6.45, 7) is 1.91. The molecular weight excluding hydrogens is 340 g/mol. The topological polar surface area (TPSA) is 58.6 Å². The fourth-order valence-electron chi connectivity index (χ4n) is 3.21. The molecule has 0 unspecified atom stereocenters. The Bertz CT molecular complexity index is 738. The minimum absolute atomic E-state index is 0.262. The van der Waals surface area contributed by atoms with E-state index in [0.29, 0.717) is 12.1 Å². The van der Waals surface area contributed by atoms with Gasteiger partial charge in [0.2, 0.25) is 0 Å². The maximum Gasteiger partial charge on any atom is 0.306 e. The van der Waals surface area contributed by atoms with E-state index in [1.54, 1.807) is 0 Å². The number of anilines is 2. The molecule has 0 aliphatic carbocycles. The van der Waals surface area contributed by atoms with Gasteiger partial charge in [-0.25, -0.2) is 0 Å². The Labute approximate surface area is 160 Å². The summed E-state index contributed by atoms with van der Waals surface area (Å²) in [4.78, 5) is 26.1. The number of rotatable bonds is 7. The number of piperidine rings is 1. The Morgan fingerprint density at radius 1 is 0.926 bits per heavy atom. The van der Waals surface area contributed by atoms with Crippen molar-refractivity contribution in [2.24, 2.45) is 0 Å². The fraction of sp³-hybridized carbons (Fsp3) is 0.364. The van der Waals surface area contributed by atoms with Crippen molar-refractivity contribution in [3.8, 4) is 0 Å². The van der Waals surface area contributed by atoms with E-state index in [9.17, 15) is 9.59 Å². The lowest BCUT2D eigenvalue weighted by atomic mass is 10.1. The zero-order valence-electron chi connectivity index (χ0n) is 15.5. The molecule has 0 saturated carbocycles. The minimum Gasteiger partial charge on any atom is -0.456 e. The SMILES string of the molecule is O=C(COC(=O)CCc1ccccc1)Nc1ccc(N2CCCCC2)cc1. The van der Waals surface area contributed by atoms with Crippen LogP contribution >= 0.6 is 0 Å². The zero-order valence-corrected chi connectivity index (χ0v) is 15.5. The molecular formula is C22H26N2O3. The van der Waals surface area contributed by atoms with Crippen LogP contribution in [-0.2, 0) is 20.7 Å². The maximum atomic E-state index is 12.0. The van der Waals surface area contributed by atoms with Gasteiger partial charge in [-0.05, 0) is 55.5 Å². The van der Waals surface area contributed by atoms with Gasteiger partial charge in [0.15, 0.2) is 6.61 Å². The van der Waals surface area contributed by atoms with Crippen LogP contribution in [0.4, 0.5) is 11.4 Å². The van der Waals surface area contributed by atoms with Crippen LogP contribution in [0.3, 0.4) is 0 Å². The number of nitrogens with zero attached hydrogens (tertiary/aromatic N) is 1.